The van der Waals surface area contributed by atoms with Crippen molar-refractivity contribution in [1.82, 2.24) is 4.31 Å². The van der Waals surface area contributed by atoms with Crippen LogP contribution < -0.4 is 0 Å². The summed E-state index contributed by atoms with van der Waals surface area (Å²) in [5.41, 5.74) is 0.513. The lowest BCUT2D eigenvalue weighted by atomic mass is 9.85. The molecule has 0 atom stereocenters. The number of carboxylic acids is 1. The standard InChI is InChI=1S/C13H19NO4S2/c1-3-14(7-10-5-4-6-10)20(17,18)12-9(2)8-19-11(12)13(15)16/h8,10H,3-7H2,1-2H3,(H,15,16). The third kappa shape index (κ3) is 2.75. The van der Waals surface area contributed by atoms with E-state index in [0.29, 0.717) is 24.6 Å². The van der Waals surface area contributed by atoms with Crippen molar-refractivity contribution in [3.63, 3.8) is 0 Å². The van der Waals surface area contributed by atoms with Gasteiger partial charge >= 0.3 is 5.97 Å². The average Bonchev–Trinajstić information content (AvgIpc) is 2.70. The van der Waals surface area contributed by atoms with Crippen LogP contribution in [-0.2, 0) is 10.0 Å². The lowest BCUT2D eigenvalue weighted by Gasteiger charge is -2.31. The summed E-state index contributed by atoms with van der Waals surface area (Å²) in [6.45, 7) is 4.30. The number of hydrogen-bond donors (Lipinski definition) is 1. The number of thiophene rings is 1. The molecule has 0 radical (unpaired) electrons. The molecule has 1 aliphatic carbocycles. The summed E-state index contributed by atoms with van der Waals surface area (Å²) in [6.07, 6.45) is 3.26. The number of carboxylic acid groups (broad SMARTS) is 1. The second-order valence-corrected chi connectivity index (χ2v) is 7.89. The number of nitrogens with zero attached hydrogens (tertiary/aromatic N) is 1. The first-order valence-corrected chi connectivity index (χ1v) is 9.01. The molecule has 0 spiro atoms. The van der Waals surface area contributed by atoms with Crippen molar-refractivity contribution < 1.29 is 18.3 Å². The van der Waals surface area contributed by atoms with Gasteiger partial charge in [0.2, 0.25) is 10.0 Å². The molecule has 0 bridgehead atoms. The summed E-state index contributed by atoms with van der Waals surface area (Å²) in [7, 11) is -3.72. The van der Waals surface area contributed by atoms with Crippen LogP contribution in [0.3, 0.4) is 0 Å². The highest BCUT2D eigenvalue weighted by atomic mass is 32.2. The second kappa shape index (κ2) is 5.83. The molecule has 112 valence electrons. The van der Waals surface area contributed by atoms with Crippen LogP contribution in [0.2, 0.25) is 0 Å². The van der Waals surface area contributed by atoms with Crippen LogP contribution in [0.25, 0.3) is 0 Å². The monoisotopic (exact) mass is 317 g/mol. The van der Waals surface area contributed by atoms with Crippen LogP contribution in [0, 0.1) is 12.8 Å². The van der Waals surface area contributed by atoms with E-state index in [9.17, 15) is 13.2 Å². The Kier molecular flexibility index (Phi) is 4.51. The Morgan fingerprint density at radius 2 is 2.15 bits per heavy atom. The molecule has 0 saturated heterocycles. The summed E-state index contributed by atoms with van der Waals surface area (Å²) in [5.74, 6) is -0.765. The summed E-state index contributed by atoms with van der Waals surface area (Å²) in [6, 6.07) is 0. The first-order valence-electron chi connectivity index (χ1n) is 6.69. The van der Waals surface area contributed by atoms with E-state index in [1.165, 1.54) is 4.31 Å². The zero-order valence-electron chi connectivity index (χ0n) is 11.6. The minimum Gasteiger partial charge on any atom is -0.477 e. The highest BCUT2D eigenvalue weighted by Crippen LogP contribution is 2.32. The normalized spacial score (nSPS) is 16.4. The van der Waals surface area contributed by atoms with Crippen LogP contribution in [0.5, 0.6) is 0 Å². The van der Waals surface area contributed by atoms with Gasteiger partial charge in [-0.25, -0.2) is 13.2 Å². The first-order chi connectivity index (χ1) is 9.37. The zero-order valence-corrected chi connectivity index (χ0v) is 13.3. The molecule has 0 unspecified atom stereocenters. The van der Waals surface area contributed by atoms with Gasteiger partial charge in [-0.3, -0.25) is 0 Å². The smallest absolute Gasteiger partial charge is 0.347 e. The number of carbonyl (C=O) groups is 1. The molecule has 1 N–H and O–H groups in total. The highest BCUT2D eigenvalue weighted by Gasteiger charge is 2.33. The van der Waals surface area contributed by atoms with Gasteiger partial charge in [0, 0.05) is 13.1 Å². The minimum absolute atomic E-state index is 0.0313. The van der Waals surface area contributed by atoms with Crippen molar-refractivity contribution in [2.75, 3.05) is 13.1 Å². The number of aryl methyl sites for hydroxylation is 1. The Balaban J connectivity index is 2.37. The van der Waals surface area contributed by atoms with Crippen LogP contribution in [0.1, 0.15) is 41.4 Å². The third-order valence-corrected chi connectivity index (χ3v) is 7.09. The largest absolute Gasteiger partial charge is 0.477 e. The van der Waals surface area contributed by atoms with E-state index >= 15 is 0 Å². The Labute approximate surface area is 123 Å². The quantitative estimate of drug-likeness (QED) is 0.875. The van der Waals surface area contributed by atoms with Gasteiger partial charge in [-0.1, -0.05) is 13.3 Å². The molecule has 5 nitrogen and oxygen atoms in total. The van der Waals surface area contributed by atoms with Crippen molar-refractivity contribution >= 4 is 27.3 Å². The maximum atomic E-state index is 12.7. The summed E-state index contributed by atoms with van der Waals surface area (Å²) in [5, 5.41) is 10.8. The van der Waals surface area contributed by atoms with Gasteiger partial charge in [0.1, 0.15) is 9.77 Å². The molecule has 1 aliphatic rings. The molecule has 0 aliphatic heterocycles. The van der Waals surface area contributed by atoms with Crippen molar-refractivity contribution in [2.24, 2.45) is 5.92 Å². The fraction of sp³-hybridized carbons (Fsp3) is 0.615. The highest BCUT2D eigenvalue weighted by molar-refractivity contribution is 7.89. The van der Waals surface area contributed by atoms with E-state index in [-0.39, 0.29) is 9.77 Å². The van der Waals surface area contributed by atoms with E-state index in [4.69, 9.17) is 5.11 Å². The van der Waals surface area contributed by atoms with Crippen LogP contribution >= 0.6 is 11.3 Å². The van der Waals surface area contributed by atoms with Crippen LogP contribution in [-0.4, -0.2) is 36.9 Å². The molecular formula is C13H19NO4S2. The van der Waals surface area contributed by atoms with Crippen molar-refractivity contribution in [3.05, 3.63) is 15.8 Å². The molecule has 1 aromatic heterocycles. The summed E-state index contributed by atoms with van der Waals surface area (Å²) < 4.78 is 26.8. The minimum atomic E-state index is -3.72. The molecule has 0 aromatic carbocycles. The molecule has 7 heteroatoms. The van der Waals surface area contributed by atoms with E-state index in [1.54, 1.807) is 19.2 Å². The van der Waals surface area contributed by atoms with Gasteiger partial charge in [-0.05, 0) is 36.6 Å². The Hall–Kier alpha value is -0.920. The first kappa shape index (κ1) is 15.5. The predicted molar refractivity (Wildman–Crippen MR) is 77.8 cm³/mol. The topological polar surface area (TPSA) is 74.7 Å². The van der Waals surface area contributed by atoms with E-state index in [1.807, 2.05) is 0 Å². The van der Waals surface area contributed by atoms with Gasteiger partial charge < -0.3 is 5.11 Å². The summed E-state index contributed by atoms with van der Waals surface area (Å²) in [4.78, 5) is 11.1. The summed E-state index contributed by atoms with van der Waals surface area (Å²) >= 11 is 0.972. The molecular weight excluding hydrogens is 298 g/mol. The van der Waals surface area contributed by atoms with Gasteiger partial charge in [0.15, 0.2) is 0 Å². The van der Waals surface area contributed by atoms with Crippen LogP contribution in [0.15, 0.2) is 10.3 Å². The Morgan fingerprint density at radius 3 is 2.60 bits per heavy atom. The fourth-order valence-corrected chi connectivity index (χ4v) is 5.50. The maximum absolute atomic E-state index is 12.7. The predicted octanol–water partition coefficient (Wildman–Crippen LogP) is 2.57. The maximum Gasteiger partial charge on any atom is 0.347 e. The van der Waals surface area contributed by atoms with Crippen molar-refractivity contribution in [3.8, 4) is 0 Å². The molecule has 1 heterocycles. The van der Waals surface area contributed by atoms with Gasteiger partial charge in [-0.2, -0.15) is 4.31 Å². The van der Waals surface area contributed by atoms with Gasteiger partial charge in [-0.15, -0.1) is 11.3 Å². The SMILES string of the molecule is CCN(CC1CCC1)S(=O)(=O)c1c(C)csc1C(=O)O. The van der Waals surface area contributed by atoms with Crippen molar-refractivity contribution in [1.29, 1.82) is 0 Å². The molecule has 1 fully saturated rings. The van der Waals surface area contributed by atoms with Gasteiger partial charge in [0.05, 0.1) is 0 Å². The molecule has 0 amide bonds. The van der Waals surface area contributed by atoms with Crippen LogP contribution in [0.4, 0.5) is 0 Å². The molecule has 1 aromatic rings. The number of sulfonamides is 1. The number of rotatable bonds is 6. The molecule has 1 saturated carbocycles. The molecule has 2 rings (SSSR count). The lowest BCUT2D eigenvalue weighted by molar-refractivity contribution is 0.0698. The average molecular weight is 317 g/mol. The van der Waals surface area contributed by atoms with Gasteiger partial charge in [0.25, 0.3) is 0 Å². The lowest BCUT2D eigenvalue weighted by Crippen LogP contribution is -2.37. The van der Waals surface area contributed by atoms with E-state index in [2.05, 4.69) is 0 Å². The number of aromatic carboxylic acids is 1. The Bertz CT molecular complexity index is 602. The third-order valence-electron chi connectivity index (χ3n) is 3.75. The van der Waals surface area contributed by atoms with E-state index < -0.39 is 16.0 Å². The van der Waals surface area contributed by atoms with E-state index in [0.717, 1.165) is 30.6 Å². The number of hydrogen-bond acceptors (Lipinski definition) is 4. The second-order valence-electron chi connectivity index (χ2n) is 5.13. The Morgan fingerprint density at radius 1 is 1.50 bits per heavy atom. The fourth-order valence-electron chi connectivity index (χ4n) is 2.39. The molecule has 20 heavy (non-hydrogen) atoms. The zero-order chi connectivity index (χ0) is 14.9. The van der Waals surface area contributed by atoms with Crippen molar-refractivity contribution in [2.45, 2.75) is 38.0 Å².